The molecule has 4 aromatic heterocycles. The standard InChI is InChI=1S/C19H14ClF4N3O3.C17H10ClF4N3O2/c20-12-1-3-13(4-2-12)30-16-6-5-14(17(26-16)19(22,23)24)18(28-7-8-29-18)10-27-11-25-9-15(27)21;18-10-1-3-11(4-2-10)27-15-6-5-12(16(24-15)17(20,21)22)13(26)8-25-9-23-7-14(25)19/h1-6,9,11H,7-8,10H2;1-7,9H,8H2. The maximum Gasteiger partial charge on any atom is 0.434 e. The summed E-state index contributed by atoms with van der Waals surface area (Å²) in [5.74, 6) is -4.57. The lowest BCUT2D eigenvalue weighted by molar-refractivity contribution is -0.188. The third-order valence-corrected chi connectivity index (χ3v) is 8.33. The van der Waals surface area contributed by atoms with Crippen LogP contribution in [0, 0.1) is 11.9 Å². The van der Waals surface area contributed by atoms with Crippen molar-refractivity contribution >= 4 is 29.0 Å². The smallest absolute Gasteiger partial charge is 0.434 e. The molecule has 1 aliphatic heterocycles. The minimum Gasteiger partial charge on any atom is -0.439 e. The summed E-state index contributed by atoms with van der Waals surface area (Å²) >= 11 is 11.5. The molecular formula is C36H24Cl2F8N6O5. The van der Waals surface area contributed by atoms with Gasteiger partial charge in [0.15, 0.2) is 17.2 Å². The fourth-order valence-electron chi connectivity index (χ4n) is 5.30. The van der Waals surface area contributed by atoms with Gasteiger partial charge in [-0.15, -0.1) is 0 Å². The summed E-state index contributed by atoms with van der Waals surface area (Å²) in [7, 11) is 0. The number of ketones is 1. The Bertz CT molecular complexity index is 2330. The maximum absolute atomic E-state index is 13.9. The van der Waals surface area contributed by atoms with Crippen molar-refractivity contribution in [3.05, 3.63) is 142 Å². The Kier molecular flexibility index (Phi) is 12.1. The Hall–Kier alpha value is -5.63. The third kappa shape index (κ3) is 10.0. The number of alkyl halides is 6. The lowest BCUT2D eigenvalue weighted by Gasteiger charge is -2.30. The highest BCUT2D eigenvalue weighted by atomic mass is 35.5. The number of carbonyl (C=O) groups excluding carboxylic acids is 1. The third-order valence-electron chi connectivity index (χ3n) is 7.83. The quantitative estimate of drug-likeness (QED) is 0.0983. The predicted octanol–water partition coefficient (Wildman–Crippen LogP) is 9.55. The molecule has 0 unspecified atom stereocenters. The second kappa shape index (κ2) is 16.8. The van der Waals surface area contributed by atoms with Gasteiger partial charge in [0.2, 0.25) is 29.4 Å². The summed E-state index contributed by atoms with van der Waals surface area (Å²) in [4.78, 5) is 26.4. The zero-order valence-electron chi connectivity index (χ0n) is 28.6. The number of benzene rings is 2. The molecule has 2 aromatic carbocycles. The number of ether oxygens (including phenoxy) is 4. The molecule has 6 aromatic rings. The molecule has 1 saturated heterocycles. The van der Waals surface area contributed by atoms with E-state index in [1.54, 1.807) is 0 Å². The molecule has 1 fully saturated rings. The molecular weight excluding hydrogens is 819 g/mol. The van der Waals surface area contributed by atoms with Crippen molar-refractivity contribution in [2.24, 2.45) is 0 Å². The van der Waals surface area contributed by atoms with Crippen molar-refractivity contribution in [2.45, 2.75) is 31.2 Å². The van der Waals surface area contributed by atoms with E-state index in [1.807, 2.05) is 0 Å². The topological polar surface area (TPSA) is 115 Å². The Morgan fingerprint density at radius 1 is 0.684 bits per heavy atom. The Morgan fingerprint density at radius 2 is 1.16 bits per heavy atom. The van der Waals surface area contributed by atoms with E-state index >= 15 is 0 Å². The number of nitrogens with zero attached hydrogens (tertiary/aromatic N) is 6. The molecule has 0 saturated carbocycles. The molecule has 11 nitrogen and oxygen atoms in total. The van der Waals surface area contributed by atoms with Gasteiger partial charge in [-0.2, -0.15) is 35.1 Å². The summed E-state index contributed by atoms with van der Waals surface area (Å²) in [5, 5.41) is 0.879. The van der Waals surface area contributed by atoms with Gasteiger partial charge in [0.25, 0.3) is 0 Å². The van der Waals surface area contributed by atoms with Crippen LogP contribution in [0.4, 0.5) is 35.1 Å². The summed E-state index contributed by atoms with van der Waals surface area (Å²) in [6.45, 7) is -0.942. The van der Waals surface area contributed by atoms with E-state index in [1.165, 1.54) is 54.6 Å². The van der Waals surface area contributed by atoms with Gasteiger partial charge < -0.3 is 23.5 Å². The van der Waals surface area contributed by atoms with Crippen LogP contribution in [0.2, 0.25) is 10.0 Å². The van der Waals surface area contributed by atoms with Crippen molar-refractivity contribution in [3.8, 4) is 23.3 Å². The van der Waals surface area contributed by atoms with Gasteiger partial charge in [-0.25, -0.2) is 19.9 Å². The molecule has 1 aliphatic rings. The number of hydrogen-bond acceptors (Lipinski definition) is 9. The number of halogens is 10. The van der Waals surface area contributed by atoms with Crippen LogP contribution in [0.3, 0.4) is 0 Å². The second-order valence-corrected chi connectivity index (χ2v) is 12.6. The van der Waals surface area contributed by atoms with E-state index in [-0.39, 0.29) is 48.6 Å². The first-order chi connectivity index (χ1) is 27.0. The number of pyridine rings is 2. The highest BCUT2D eigenvalue weighted by Gasteiger charge is 2.48. The highest BCUT2D eigenvalue weighted by molar-refractivity contribution is 6.30. The van der Waals surface area contributed by atoms with Crippen molar-refractivity contribution in [1.82, 2.24) is 29.1 Å². The molecule has 0 atom stereocenters. The SMILES string of the molecule is Fc1cncn1CC1(c2ccc(Oc3ccc(Cl)cc3)nc2C(F)(F)F)OCCO1.O=C(Cn1cncc1F)c1ccc(Oc2ccc(Cl)cc2)nc1C(F)(F)F. The molecule has 57 heavy (non-hydrogen) atoms. The van der Waals surface area contributed by atoms with Gasteiger partial charge in [-0.05, 0) is 60.7 Å². The van der Waals surface area contributed by atoms with Crippen LogP contribution in [0.5, 0.6) is 23.3 Å². The first kappa shape index (κ1) is 41.0. The molecule has 0 N–H and O–H groups in total. The molecule has 0 amide bonds. The maximum atomic E-state index is 13.9. The molecule has 0 spiro atoms. The Morgan fingerprint density at radius 3 is 1.63 bits per heavy atom. The van der Waals surface area contributed by atoms with Crippen LogP contribution in [-0.2, 0) is 40.7 Å². The second-order valence-electron chi connectivity index (χ2n) is 11.8. The fraction of sp³-hybridized carbons (Fsp3) is 0.194. The van der Waals surface area contributed by atoms with E-state index in [4.69, 9.17) is 42.1 Å². The zero-order chi connectivity index (χ0) is 41.0. The Labute approximate surface area is 326 Å². The minimum absolute atomic E-state index is 0.0383. The lowest BCUT2D eigenvalue weighted by atomic mass is 10.0. The van der Waals surface area contributed by atoms with Crippen LogP contribution >= 0.6 is 23.2 Å². The average molecular weight is 844 g/mol. The zero-order valence-corrected chi connectivity index (χ0v) is 30.1. The van der Waals surface area contributed by atoms with Crippen LogP contribution in [-0.4, -0.2) is 48.1 Å². The minimum atomic E-state index is -4.90. The van der Waals surface area contributed by atoms with E-state index in [0.717, 1.165) is 52.4 Å². The number of carbonyl (C=O) groups is 1. The van der Waals surface area contributed by atoms with Crippen molar-refractivity contribution in [1.29, 1.82) is 0 Å². The monoisotopic (exact) mass is 842 g/mol. The highest BCUT2D eigenvalue weighted by Crippen LogP contribution is 2.42. The van der Waals surface area contributed by atoms with Gasteiger partial charge in [0.1, 0.15) is 11.5 Å². The van der Waals surface area contributed by atoms with Crippen LogP contribution in [0.25, 0.3) is 0 Å². The molecule has 0 radical (unpaired) electrons. The number of Topliss-reactive ketones (excluding diaryl/α,β-unsaturated/α-hetero) is 1. The van der Waals surface area contributed by atoms with Crippen molar-refractivity contribution in [3.63, 3.8) is 0 Å². The van der Waals surface area contributed by atoms with E-state index in [2.05, 4.69) is 19.9 Å². The number of rotatable bonds is 10. The van der Waals surface area contributed by atoms with E-state index < -0.39 is 59.3 Å². The van der Waals surface area contributed by atoms with E-state index in [9.17, 15) is 39.9 Å². The van der Waals surface area contributed by atoms with Crippen molar-refractivity contribution in [2.75, 3.05) is 13.2 Å². The van der Waals surface area contributed by atoms with Gasteiger partial charge in [-0.1, -0.05) is 23.2 Å². The summed E-state index contributed by atoms with van der Waals surface area (Å²) in [5.41, 5.74) is -3.75. The number of aromatic nitrogens is 6. The molecule has 7 rings (SSSR count). The largest absolute Gasteiger partial charge is 0.439 e. The average Bonchev–Trinajstić information content (AvgIpc) is 3.92. The van der Waals surface area contributed by atoms with Gasteiger partial charge in [0, 0.05) is 27.7 Å². The number of hydrogen-bond donors (Lipinski definition) is 0. The normalized spacial score (nSPS) is 13.9. The lowest BCUT2D eigenvalue weighted by Crippen LogP contribution is -2.36. The molecule has 298 valence electrons. The first-order valence-electron chi connectivity index (χ1n) is 16.2. The fourth-order valence-corrected chi connectivity index (χ4v) is 5.55. The van der Waals surface area contributed by atoms with Gasteiger partial charge in [0.05, 0.1) is 56.9 Å². The van der Waals surface area contributed by atoms with Crippen LogP contribution in [0.1, 0.15) is 27.3 Å². The van der Waals surface area contributed by atoms with E-state index in [0.29, 0.717) is 10.0 Å². The molecule has 0 aliphatic carbocycles. The first-order valence-corrected chi connectivity index (χ1v) is 16.9. The van der Waals surface area contributed by atoms with Crippen molar-refractivity contribution < 1.29 is 58.9 Å². The molecule has 5 heterocycles. The van der Waals surface area contributed by atoms with Crippen LogP contribution in [0.15, 0.2) is 97.8 Å². The van der Waals surface area contributed by atoms with Crippen LogP contribution < -0.4 is 9.47 Å². The summed E-state index contributed by atoms with van der Waals surface area (Å²) in [6, 6.07) is 16.5. The van der Waals surface area contributed by atoms with Gasteiger partial charge >= 0.3 is 12.4 Å². The summed E-state index contributed by atoms with van der Waals surface area (Å²) in [6.07, 6.45) is -5.82. The van der Waals surface area contributed by atoms with Gasteiger partial charge in [-0.3, -0.25) is 9.36 Å². The number of imidazole rings is 2. The Balaban J connectivity index is 0.000000194. The molecule has 0 bridgehead atoms. The summed E-state index contributed by atoms with van der Waals surface area (Å²) < 4.78 is 132. The molecule has 21 heteroatoms. The predicted molar refractivity (Wildman–Crippen MR) is 184 cm³/mol.